The number of hydrogen-bond acceptors (Lipinski definition) is 5. The van der Waals surface area contributed by atoms with Gasteiger partial charge in [0.05, 0.1) is 0 Å². The Kier molecular flexibility index (Phi) is 6.10. The van der Waals surface area contributed by atoms with Crippen LogP contribution in [-0.2, 0) is 0 Å². The van der Waals surface area contributed by atoms with E-state index in [0.717, 1.165) is 48.9 Å². The van der Waals surface area contributed by atoms with E-state index in [4.69, 9.17) is 0 Å². The molecular weight excluding hydrogens is 268 g/mol. The van der Waals surface area contributed by atoms with Crippen molar-refractivity contribution >= 4 is 17.6 Å². The summed E-state index contributed by atoms with van der Waals surface area (Å²) in [5.41, 5.74) is 0. The van der Waals surface area contributed by atoms with Gasteiger partial charge in [0, 0.05) is 19.2 Å². The fourth-order valence-electron chi connectivity index (χ4n) is 2.63. The van der Waals surface area contributed by atoms with Crippen LogP contribution in [0.5, 0.6) is 0 Å². The minimum Gasteiger partial charge on any atom is -0.356 e. The van der Waals surface area contributed by atoms with E-state index in [1.54, 1.807) is 18.1 Å². The maximum Gasteiger partial charge on any atom is 0.133 e. The molecule has 2 rings (SSSR count). The van der Waals surface area contributed by atoms with Crippen LogP contribution in [0.25, 0.3) is 0 Å². The first kappa shape index (κ1) is 15.6. The number of aromatic nitrogens is 2. The lowest BCUT2D eigenvalue weighted by molar-refractivity contribution is 0.381. The van der Waals surface area contributed by atoms with Crippen molar-refractivity contribution in [3.8, 4) is 0 Å². The molecule has 2 heterocycles. The number of piperidine rings is 1. The molecule has 1 aliphatic heterocycles. The van der Waals surface area contributed by atoms with Crippen molar-refractivity contribution in [2.75, 3.05) is 37.3 Å². The highest BCUT2D eigenvalue weighted by atomic mass is 32.2. The van der Waals surface area contributed by atoms with Crippen molar-refractivity contribution in [3.05, 3.63) is 12.4 Å². The van der Waals surface area contributed by atoms with Gasteiger partial charge in [-0.1, -0.05) is 13.8 Å². The van der Waals surface area contributed by atoms with E-state index in [1.165, 1.54) is 12.8 Å². The monoisotopic (exact) mass is 294 g/mol. The number of nitrogens with one attached hydrogen (secondary N) is 1. The van der Waals surface area contributed by atoms with Gasteiger partial charge in [-0.25, -0.2) is 9.97 Å². The van der Waals surface area contributed by atoms with Crippen molar-refractivity contribution in [1.29, 1.82) is 0 Å². The summed E-state index contributed by atoms with van der Waals surface area (Å²) in [7, 11) is 0. The Morgan fingerprint density at radius 1 is 1.45 bits per heavy atom. The van der Waals surface area contributed by atoms with Crippen LogP contribution in [0.1, 0.15) is 26.7 Å². The molecule has 112 valence electrons. The Morgan fingerprint density at radius 3 is 3.05 bits per heavy atom. The maximum absolute atomic E-state index is 4.44. The first-order chi connectivity index (χ1) is 9.69. The number of nitrogens with zero attached hydrogens (tertiary/aromatic N) is 3. The quantitative estimate of drug-likeness (QED) is 0.645. The highest BCUT2D eigenvalue weighted by Gasteiger charge is 2.21. The molecule has 0 bridgehead atoms. The van der Waals surface area contributed by atoms with Gasteiger partial charge in [0.25, 0.3) is 0 Å². The van der Waals surface area contributed by atoms with Crippen LogP contribution in [0.2, 0.25) is 0 Å². The third-order valence-corrected chi connectivity index (χ3v) is 4.31. The summed E-state index contributed by atoms with van der Waals surface area (Å²) in [6.45, 7) is 8.97. The van der Waals surface area contributed by atoms with E-state index in [0.29, 0.717) is 0 Å². The number of thioether (sulfide) groups is 1. The zero-order valence-corrected chi connectivity index (χ0v) is 13.6. The summed E-state index contributed by atoms with van der Waals surface area (Å²) >= 11 is 1.67. The van der Waals surface area contributed by atoms with Crippen molar-refractivity contribution in [2.24, 2.45) is 11.8 Å². The normalized spacial score (nSPS) is 19.6. The van der Waals surface area contributed by atoms with Crippen molar-refractivity contribution in [2.45, 2.75) is 31.7 Å². The SMILES string of the molecule is CSc1cc(N2CCCC(CNCC(C)C)C2)ncn1. The molecule has 20 heavy (non-hydrogen) atoms. The van der Waals surface area contributed by atoms with Gasteiger partial charge in [0.1, 0.15) is 17.2 Å². The summed E-state index contributed by atoms with van der Waals surface area (Å²) in [5, 5.41) is 4.64. The number of anilines is 1. The van der Waals surface area contributed by atoms with Crippen LogP contribution in [0.15, 0.2) is 17.4 Å². The Bertz CT molecular complexity index is 411. The Labute approximate surface area is 126 Å². The average molecular weight is 294 g/mol. The zero-order chi connectivity index (χ0) is 14.4. The fraction of sp³-hybridized carbons (Fsp3) is 0.733. The minimum absolute atomic E-state index is 0.723. The van der Waals surface area contributed by atoms with E-state index >= 15 is 0 Å². The van der Waals surface area contributed by atoms with Crippen molar-refractivity contribution in [3.63, 3.8) is 0 Å². The number of rotatable bonds is 6. The molecular formula is C15H26N4S. The molecule has 0 amide bonds. The molecule has 0 spiro atoms. The third kappa shape index (κ3) is 4.63. The Balaban J connectivity index is 1.89. The molecule has 1 aliphatic rings. The van der Waals surface area contributed by atoms with Crippen LogP contribution in [0, 0.1) is 11.8 Å². The Hall–Kier alpha value is -0.810. The molecule has 0 aromatic carbocycles. The molecule has 0 aliphatic carbocycles. The first-order valence-electron chi connectivity index (χ1n) is 7.50. The topological polar surface area (TPSA) is 41.0 Å². The molecule has 5 heteroatoms. The van der Waals surface area contributed by atoms with Gasteiger partial charge in [-0.3, -0.25) is 0 Å². The van der Waals surface area contributed by atoms with E-state index in [2.05, 4.69) is 46.4 Å². The van der Waals surface area contributed by atoms with Gasteiger partial charge in [0.2, 0.25) is 0 Å². The van der Waals surface area contributed by atoms with Crippen molar-refractivity contribution < 1.29 is 0 Å². The van der Waals surface area contributed by atoms with Crippen LogP contribution in [0.3, 0.4) is 0 Å². The molecule has 1 saturated heterocycles. The zero-order valence-electron chi connectivity index (χ0n) is 12.8. The molecule has 1 aromatic rings. The van der Waals surface area contributed by atoms with Gasteiger partial charge in [-0.15, -0.1) is 11.8 Å². The second-order valence-corrected chi connectivity index (χ2v) is 6.75. The summed E-state index contributed by atoms with van der Waals surface area (Å²) in [4.78, 5) is 11.1. The van der Waals surface area contributed by atoms with E-state index < -0.39 is 0 Å². The Morgan fingerprint density at radius 2 is 2.30 bits per heavy atom. The highest BCUT2D eigenvalue weighted by Crippen LogP contribution is 2.23. The van der Waals surface area contributed by atoms with E-state index in [1.807, 2.05) is 0 Å². The fourth-order valence-corrected chi connectivity index (χ4v) is 3.01. The predicted octanol–water partition coefficient (Wildman–Crippen LogP) is 2.66. The maximum atomic E-state index is 4.44. The van der Waals surface area contributed by atoms with Gasteiger partial charge in [-0.05, 0) is 44.0 Å². The molecule has 1 aromatic heterocycles. The highest BCUT2D eigenvalue weighted by molar-refractivity contribution is 7.98. The van der Waals surface area contributed by atoms with Gasteiger partial charge in [0.15, 0.2) is 0 Å². The standard InChI is InChI=1S/C15H26N4S/c1-12(2)8-16-9-13-5-4-6-19(10-13)14-7-15(20-3)18-11-17-14/h7,11-13,16H,4-6,8-10H2,1-3H3. The average Bonchev–Trinajstić information content (AvgIpc) is 2.47. The van der Waals surface area contributed by atoms with Gasteiger partial charge < -0.3 is 10.2 Å². The van der Waals surface area contributed by atoms with Crippen LogP contribution in [-0.4, -0.2) is 42.4 Å². The lowest BCUT2D eigenvalue weighted by Gasteiger charge is -2.33. The lowest BCUT2D eigenvalue weighted by Crippen LogP contribution is -2.40. The molecule has 0 saturated carbocycles. The van der Waals surface area contributed by atoms with E-state index in [-0.39, 0.29) is 0 Å². The minimum atomic E-state index is 0.723. The molecule has 0 radical (unpaired) electrons. The third-order valence-electron chi connectivity index (χ3n) is 3.67. The first-order valence-corrected chi connectivity index (χ1v) is 8.73. The lowest BCUT2D eigenvalue weighted by atomic mass is 9.98. The second-order valence-electron chi connectivity index (χ2n) is 5.92. The van der Waals surface area contributed by atoms with Crippen LogP contribution in [0.4, 0.5) is 5.82 Å². The van der Waals surface area contributed by atoms with Crippen LogP contribution >= 0.6 is 11.8 Å². The largest absolute Gasteiger partial charge is 0.356 e. The van der Waals surface area contributed by atoms with Crippen molar-refractivity contribution in [1.82, 2.24) is 15.3 Å². The summed E-state index contributed by atoms with van der Waals surface area (Å²) in [6, 6.07) is 2.11. The smallest absolute Gasteiger partial charge is 0.133 e. The second kappa shape index (κ2) is 7.84. The summed E-state index contributed by atoms with van der Waals surface area (Å²) in [6.07, 6.45) is 6.32. The predicted molar refractivity (Wildman–Crippen MR) is 86.5 cm³/mol. The summed E-state index contributed by atoms with van der Waals surface area (Å²) < 4.78 is 0. The molecule has 1 N–H and O–H groups in total. The summed E-state index contributed by atoms with van der Waals surface area (Å²) in [5.74, 6) is 2.54. The van der Waals surface area contributed by atoms with Gasteiger partial charge >= 0.3 is 0 Å². The van der Waals surface area contributed by atoms with E-state index in [9.17, 15) is 0 Å². The number of hydrogen-bond donors (Lipinski definition) is 1. The molecule has 1 fully saturated rings. The van der Waals surface area contributed by atoms with Crippen LogP contribution < -0.4 is 10.2 Å². The van der Waals surface area contributed by atoms with Gasteiger partial charge in [-0.2, -0.15) is 0 Å². The molecule has 4 nitrogen and oxygen atoms in total. The molecule has 1 atom stereocenters. The molecule has 1 unspecified atom stereocenters.